The van der Waals surface area contributed by atoms with Crippen LogP contribution in [0, 0.1) is 5.82 Å². The number of rotatable bonds is 4. The molecule has 2 aromatic carbocycles. The van der Waals surface area contributed by atoms with Crippen molar-refractivity contribution in [1.29, 1.82) is 0 Å². The monoisotopic (exact) mass is 400 g/mol. The van der Waals surface area contributed by atoms with Crippen LogP contribution < -0.4 is 0 Å². The van der Waals surface area contributed by atoms with Crippen molar-refractivity contribution in [3.63, 3.8) is 0 Å². The Balaban J connectivity index is 1.87. The second-order valence-corrected chi connectivity index (χ2v) is 8.60. The molecule has 0 saturated carbocycles. The molecule has 1 aromatic heterocycles. The highest BCUT2D eigenvalue weighted by Gasteiger charge is 2.28. The molecule has 0 unspecified atom stereocenters. The summed E-state index contributed by atoms with van der Waals surface area (Å²) in [6, 6.07) is 11.3. The minimum absolute atomic E-state index is 0.0530. The SMILES string of the molecule is O=C(O)c1cc(-c2ccc(F)cc2)nc2ccc(S(=O)(=O)N3CCCC3)cc12. The van der Waals surface area contributed by atoms with Crippen molar-refractivity contribution in [2.45, 2.75) is 17.7 Å². The van der Waals surface area contributed by atoms with E-state index in [-0.39, 0.29) is 15.8 Å². The Morgan fingerprint density at radius 3 is 2.36 bits per heavy atom. The van der Waals surface area contributed by atoms with Gasteiger partial charge in [-0.15, -0.1) is 0 Å². The zero-order valence-corrected chi connectivity index (χ0v) is 15.6. The summed E-state index contributed by atoms with van der Waals surface area (Å²) in [7, 11) is -3.67. The minimum atomic E-state index is -3.67. The van der Waals surface area contributed by atoms with E-state index >= 15 is 0 Å². The van der Waals surface area contributed by atoms with Gasteiger partial charge in [0, 0.05) is 24.0 Å². The molecule has 0 amide bonds. The van der Waals surface area contributed by atoms with Crippen molar-refractivity contribution in [2.75, 3.05) is 13.1 Å². The van der Waals surface area contributed by atoms with E-state index in [2.05, 4.69) is 4.98 Å². The maximum Gasteiger partial charge on any atom is 0.336 e. The van der Waals surface area contributed by atoms with Gasteiger partial charge in [-0.05, 0) is 61.4 Å². The number of carbonyl (C=O) groups is 1. The van der Waals surface area contributed by atoms with Crippen LogP contribution in [-0.2, 0) is 10.0 Å². The summed E-state index contributed by atoms with van der Waals surface area (Å²) in [6.07, 6.45) is 1.63. The van der Waals surface area contributed by atoms with Crippen molar-refractivity contribution in [1.82, 2.24) is 9.29 Å². The lowest BCUT2D eigenvalue weighted by atomic mass is 10.0. The number of carboxylic acid groups (broad SMARTS) is 1. The van der Waals surface area contributed by atoms with Gasteiger partial charge in [0.1, 0.15) is 5.82 Å². The number of aromatic carboxylic acids is 1. The number of aromatic nitrogens is 1. The summed E-state index contributed by atoms with van der Waals surface area (Å²) in [4.78, 5) is 16.3. The van der Waals surface area contributed by atoms with Crippen LogP contribution in [0.2, 0.25) is 0 Å². The molecule has 1 N–H and O–H groups in total. The van der Waals surface area contributed by atoms with Gasteiger partial charge in [-0.1, -0.05) is 0 Å². The fourth-order valence-corrected chi connectivity index (χ4v) is 4.93. The molecule has 0 aliphatic carbocycles. The zero-order chi connectivity index (χ0) is 19.9. The molecule has 28 heavy (non-hydrogen) atoms. The number of hydrogen-bond acceptors (Lipinski definition) is 4. The van der Waals surface area contributed by atoms with Crippen LogP contribution in [0.5, 0.6) is 0 Å². The molecule has 1 aliphatic rings. The van der Waals surface area contributed by atoms with Gasteiger partial charge >= 0.3 is 5.97 Å². The number of nitrogens with zero attached hydrogens (tertiary/aromatic N) is 2. The molecule has 1 fully saturated rings. The predicted molar refractivity (Wildman–Crippen MR) is 102 cm³/mol. The Labute approximate surface area is 161 Å². The Morgan fingerprint density at radius 2 is 1.71 bits per heavy atom. The number of pyridine rings is 1. The summed E-state index contributed by atoms with van der Waals surface area (Å²) < 4.78 is 40.2. The summed E-state index contributed by atoms with van der Waals surface area (Å²) in [5.74, 6) is -1.59. The average Bonchev–Trinajstić information content (AvgIpc) is 3.23. The normalized spacial score (nSPS) is 15.2. The van der Waals surface area contributed by atoms with Gasteiger partial charge in [0.25, 0.3) is 0 Å². The van der Waals surface area contributed by atoms with Crippen LogP contribution in [-0.4, -0.2) is 41.9 Å². The molecule has 0 spiro atoms. The molecule has 6 nitrogen and oxygen atoms in total. The summed E-state index contributed by atoms with van der Waals surface area (Å²) >= 11 is 0. The standard InChI is InChI=1S/C20H17FN2O4S/c21-14-5-3-13(4-6-14)19-12-17(20(24)25)16-11-15(7-8-18(16)22-19)28(26,27)23-9-1-2-10-23/h3-8,11-12H,1-2,9-10H2,(H,24,25). The van der Waals surface area contributed by atoms with Crippen LogP contribution in [0.25, 0.3) is 22.2 Å². The second-order valence-electron chi connectivity index (χ2n) is 6.66. The molecule has 3 aromatic rings. The smallest absolute Gasteiger partial charge is 0.336 e. The molecule has 1 aliphatic heterocycles. The average molecular weight is 400 g/mol. The number of sulfonamides is 1. The fraction of sp³-hybridized carbons (Fsp3) is 0.200. The molecular formula is C20H17FN2O4S. The molecule has 0 bridgehead atoms. The predicted octanol–water partition coefficient (Wildman–Crippen LogP) is 3.52. The third-order valence-corrected chi connectivity index (χ3v) is 6.75. The lowest BCUT2D eigenvalue weighted by molar-refractivity contribution is 0.0699. The molecule has 4 rings (SSSR count). The highest BCUT2D eigenvalue weighted by Crippen LogP contribution is 2.29. The quantitative estimate of drug-likeness (QED) is 0.724. The highest BCUT2D eigenvalue weighted by atomic mass is 32.2. The third-order valence-electron chi connectivity index (χ3n) is 4.85. The lowest BCUT2D eigenvalue weighted by Crippen LogP contribution is -2.27. The van der Waals surface area contributed by atoms with Crippen LogP contribution in [0.15, 0.2) is 53.4 Å². The molecule has 0 atom stereocenters. The van der Waals surface area contributed by atoms with E-state index in [1.54, 1.807) is 0 Å². The van der Waals surface area contributed by atoms with Gasteiger partial charge in [0.2, 0.25) is 10.0 Å². The van der Waals surface area contributed by atoms with Crippen molar-refractivity contribution in [2.24, 2.45) is 0 Å². The number of carboxylic acids is 1. The van der Waals surface area contributed by atoms with Crippen LogP contribution in [0.4, 0.5) is 4.39 Å². The van der Waals surface area contributed by atoms with E-state index in [0.717, 1.165) is 12.8 Å². The van der Waals surface area contributed by atoms with Gasteiger partial charge in [0.15, 0.2) is 0 Å². The van der Waals surface area contributed by atoms with Crippen LogP contribution in [0.1, 0.15) is 23.2 Å². The van der Waals surface area contributed by atoms with Gasteiger partial charge in [-0.25, -0.2) is 22.6 Å². The maximum absolute atomic E-state index is 13.2. The highest BCUT2D eigenvalue weighted by molar-refractivity contribution is 7.89. The number of hydrogen-bond donors (Lipinski definition) is 1. The van der Waals surface area contributed by atoms with Crippen molar-refractivity contribution < 1.29 is 22.7 Å². The van der Waals surface area contributed by atoms with Crippen molar-refractivity contribution in [3.8, 4) is 11.3 Å². The molecular weight excluding hydrogens is 383 g/mol. The first-order chi connectivity index (χ1) is 13.4. The topological polar surface area (TPSA) is 87.6 Å². The Kier molecular flexibility index (Phi) is 4.60. The summed E-state index contributed by atoms with van der Waals surface area (Å²) in [5.41, 5.74) is 1.25. The van der Waals surface area contributed by atoms with Crippen molar-refractivity contribution in [3.05, 3.63) is 59.9 Å². The van der Waals surface area contributed by atoms with Crippen LogP contribution in [0.3, 0.4) is 0 Å². The molecule has 8 heteroatoms. The third kappa shape index (κ3) is 3.25. The number of halogens is 1. The Bertz CT molecular complexity index is 1170. The van der Waals surface area contributed by atoms with Crippen LogP contribution >= 0.6 is 0 Å². The van der Waals surface area contributed by atoms with E-state index in [4.69, 9.17) is 0 Å². The fourth-order valence-electron chi connectivity index (χ4n) is 3.39. The molecule has 2 heterocycles. The zero-order valence-electron chi connectivity index (χ0n) is 14.8. The second kappa shape index (κ2) is 6.96. The van der Waals surface area contributed by atoms with E-state index in [1.165, 1.54) is 52.8 Å². The van der Waals surface area contributed by atoms with Gasteiger partial charge < -0.3 is 5.11 Å². The number of fused-ring (bicyclic) bond motifs is 1. The van der Waals surface area contributed by atoms with Gasteiger partial charge in [0.05, 0.1) is 21.7 Å². The first-order valence-electron chi connectivity index (χ1n) is 8.80. The maximum atomic E-state index is 13.2. The van der Waals surface area contributed by atoms with E-state index < -0.39 is 21.8 Å². The van der Waals surface area contributed by atoms with E-state index in [1.807, 2.05) is 0 Å². The number of benzene rings is 2. The van der Waals surface area contributed by atoms with E-state index in [9.17, 15) is 22.7 Å². The van der Waals surface area contributed by atoms with E-state index in [0.29, 0.717) is 29.9 Å². The molecule has 144 valence electrons. The van der Waals surface area contributed by atoms with Gasteiger partial charge in [-0.3, -0.25) is 0 Å². The molecule has 0 radical (unpaired) electrons. The first-order valence-corrected chi connectivity index (χ1v) is 10.2. The van der Waals surface area contributed by atoms with Crippen molar-refractivity contribution >= 4 is 26.9 Å². The van der Waals surface area contributed by atoms with Gasteiger partial charge in [-0.2, -0.15) is 4.31 Å². The first kappa shape index (κ1) is 18.5. The lowest BCUT2D eigenvalue weighted by Gasteiger charge is -2.16. The Hall–Kier alpha value is -2.84. The summed E-state index contributed by atoms with van der Waals surface area (Å²) in [6.45, 7) is 0.932. The molecule has 1 saturated heterocycles. The minimum Gasteiger partial charge on any atom is -0.478 e. The Morgan fingerprint density at radius 1 is 1.04 bits per heavy atom. The summed E-state index contributed by atoms with van der Waals surface area (Å²) in [5, 5.41) is 9.90. The largest absolute Gasteiger partial charge is 0.478 e.